The molecule has 7 heteroatoms. The number of rotatable bonds is 6. The first-order chi connectivity index (χ1) is 16.9. The smallest absolute Gasteiger partial charge is 0.309 e. The van der Waals surface area contributed by atoms with Crippen LogP contribution in [0.25, 0.3) is 0 Å². The summed E-state index contributed by atoms with van der Waals surface area (Å²) in [5, 5.41) is 13.7. The molecular formula is C28H37N3O4. The van der Waals surface area contributed by atoms with E-state index in [4.69, 9.17) is 4.74 Å². The Bertz CT molecular complexity index is 1030. The number of phenols is 1. The Labute approximate surface area is 208 Å². The molecular weight excluding hydrogens is 442 g/mol. The van der Waals surface area contributed by atoms with Crippen molar-refractivity contribution in [3.05, 3.63) is 65.2 Å². The average molecular weight is 480 g/mol. The lowest BCUT2D eigenvalue weighted by Gasteiger charge is -2.43. The van der Waals surface area contributed by atoms with Gasteiger partial charge in [0.15, 0.2) is 0 Å². The number of nitrogens with one attached hydrogen (secondary N) is 1. The number of carbonyl (C=O) groups is 2. The van der Waals surface area contributed by atoms with E-state index in [1.54, 1.807) is 6.07 Å². The van der Waals surface area contributed by atoms with Gasteiger partial charge in [0.05, 0.1) is 18.6 Å². The van der Waals surface area contributed by atoms with E-state index < -0.39 is 0 Å². The van der Waals surface area contributed by atoms with Gasteiger partial charge in [0.1, 0.15) is 5.75 Å². The number of ether oxygens (including phenoxy) is 1. The van der Waals surface area contributed by atoms with Crippen LogP contribution >= 0.6 is 0 Å². The molecule has 1 unspecified atom stereocenters. The normalized spacial score (nSPS) is 22.5. The first-order valence-corrected chi connectivity index (χ1v) is 12.7. The van der Waals surface area contributed by atoms with Gasteiger partial charge in [0, 0.05) is 43.8 Å². The molecule has 1 amide bonds. The molecule has 2 fully saturated rings. The van der Waals surface area contributed by atoms with Gasteiger partial charge < -0.3 is 20.1 Å². The highest BCUT2D eigenvalue weighted by atomic mass is 16.5. The van der Waals surface area contributed by atoms with Crippen LogP contribution in [0.15, 0.2) is 48.5 Å². The van der Waals surface area contributed by atoms with Gasteiger partial charge in [-0.2, -0.15) is 0 Å². The van der Waals surface area contributed by atoms with E-state index in [0.29, 0.717) is 50.2 Å². The number of piperazine rings is 1. The van der Waals surface area contributed by atoms with Crippen molar-refractivity contribution < 1.29 is 19.4 Å². The van der Waals surface area contributed by atoms with Gasteiger partial charge in [-0.3, -0.25) is 14.5 Å². The number of hydrogen-bond donors (Lipinski definition) is 2. The van der Waals surface area contributed by atoms with Crippen molar-refractivity contribution in [2.75, 3.05) is 32.8 Å². The topological polar surface area (TPSA) is 82.1 Å². The molecule has 3 atom stereocenters. The molecule has 0 aromatic heterocycles. The van der Waals surface area contributed by atoms with Gasteiger partial charge in [0.25, 0.3) is 5.91 Å². The van der Waals surface area contributed by atoms with E-state index in [0.717, 1.165) is 24.2 Å². The molecule has 2 heterocycles. The highest BCUT2D eigenvalue weighted by molar-refractivity contribution is 5.94. The number of hydrogen-bond acceptors (Lipinski definition) is 6. The predicted molar refractivity (Wildman–Crippen MR) is 135 cm³/mol. The molecule has 0 saturated carbocycles. The first kappa shape index (κ1) is 25.2. The molecule has 0 bridgehead atoms. The molecule has 2 aromatic carbocycles. The zero-order chi connectivity index (χ0) is 24.9. The maximum Gasteiger partial charge on any atom is 0.309 e. The highest BCUT2D eigenvalue weighted by Gasteiger charge is 2.32. The first-order valence-electron chi connectivity index (χ1n) is 12.7. The largest absolute Gasteiger partial charge is 0.508 e. The molecule has 0 spiro atoms. The molecule has 35 heavy (non-hydrogen) atoms. The van der Waals surface area contributed by atoms with E-state index in [1.807, 2.05) is 48.2 Å². The molecule has 2 N–H and O–H groups in total. The van der Waals surface area contributed by atoms with Crippen molar-refractivity contribution in [3.63, 3.8) is 0 Å². The third-order valence-corrected chi connectivity index (χ3v) is 7.18. The lowest BCUT2D eigenvalue weighted by Crippen LogP contribution is -2.55. The quantitative estimate of drug-likeness (QED) is 0.617. The van der Waals surface area contributed by atoms with Crippen molar-refractivity contribution in [2.24, 2.45) is 5.92 Å². The van der Waals surface area contributed by atoms with E-state index >= 15 is 0 Å². The fourth-order valence-corrected chi connectivity index (χ4v) is 5.28. The second-order valence-corrected chi connectivity index (χ2v) is 9.80. The summed E-state index contributed by atoms with van der Waals surface area (Å²) in [6.07, 6.45) is 1.26. The fraction of sp³-hybridized carbons (Fsp3) is 0.500. The number of nitrogens with zero attached hydrogens (tertiary/aromatic N) is 2. The molecule has 2 aliphatic rings. The van der Waals surface area contributed by atoms with Crippen LogP contribution in [0.3, 0.4) is 0 Å². The Hall–Kier alpha value is -2.90. The van der Waals surface area contributed by atoms with Crippen LogP contribution in [0.5, 0.6) is 5.75 Å². The van der Waals surface area contributed by atoms with Crippen LogP contribution in [0.2, 0.25) is 0 Å². The molecule has 0 radical (unpaired) electrons. The molecule has 2 aliphatic heterocycles. The van der Waals surface area contributed by atoms with Gasteiger partial charge in [-0.15, -0.1) is 0 Å². The number of amides is 1. The average Bonchev–Trinajstić information content (AvgIpc) is 2.86. The van der Waals surface area contributed by atoms with Crippen molar-refractivity contribution in [1.29, 1.82) is 0 Å². The molecule has 2 saturated heterocycles. The highest BCUT2D eigenvalue weighted by Crippen LogP contribution is 2.34. The Morgan fingerprint density at radius 2 is 1.77 bits per heavy atom. The fourth-order valence-electron chi connectivity index (χ4n) is 5.28. The van der Waals surface area contributed by atoms with Gasteiger partial charge in [-0.25, -0.2) is 0 Å². The van der Waals surface area contributed by atoms with Crippen LogP contribution < -0.4 is 5.32 Å². The van der Waals surface area contributed by atoms with Crippen LogP contribution in [0.4, 0.5) is 0 Å². The van der Waals surface area contributed by atoms with Crippen molar-refractivity contribution in [1.82, 2.24) is 15.1 Å². The molecule has 0 aliphatic carbocycles. The Kier molecular flexibility index (Phi) is 8.08. The maximum atomic E-state index is 13.4. The summed E-state index contributed by atoms with van der Waals surface area (Å²) in [6.45, 7) is 9.43. The summed E-state index contributed by atoms with van der Waals surface area (Å²) in [7, 11) is 0. The van der Waals surface area contributed by atoms with Crippen molar-refractivity contribution >= 4 is 11.9 Å². The lowest BCUT2D eigenvalue weighted by molar-refractivity contribution is -0.149. The van der Waals surface area contributed by atoms with Crippen LogP contribution in [0, 0.1) is 5.92 Å². The van der Waals surface area contributed by atoms with Crippen LogP contribution in [-0.4, -0.2) is 71.7 Å². The van der Waals surface area contributed by atoms with Gasteiger partial charge in [0.2, 0.25) is 0 Å². The monoisotopic (exact) mass is 479 g/mol. The maximum absolute atomic E-state index is 13.4. The molecule has 2 aromatic rings. The Morgan fingerprint density at radius 1 is 1.09 bits per heavy atom. The molecule has 4 rings (SSSR count). The van der Waals surface area contributed by atoms with Crippen molar-refractivity contribution in [2.45, 2.75) is 51.7 Å². The van der Waals surface area contributed by atoms with Gasteiger partial charge in [-0.1, -0.05) is 24.3 Å². The second-order valence-electron chi connectivity index (χ2n) is 9.80. The van der Waals surface area contributed by atoms with E-state index in [1.165, 1.54) is 0 Å². The van der Waals surface area contributed by atoms with Gasteiger partial charge in [-0.05, 0) is 69.0 Å². The van der Waals surface area contributed by atoms with Crippen LogP contribution in [-0.2, 0) is 9.53 Å². The summed E-state index contributed by atoms with van der Waals surface area (Å²) >= 11 is 0. The second kappa shape index (κ2) is 11.2. The summed E-state index contributed by atoms with van der Waals surface area (Å²) < 4.78 is 5.16. The Morgan fingerprint density at radius 3 is 2.46 bits per heavy atom. The number of esters is 1. The number of phenolic OH excluding ortho intramolecular Hbond substituents is 1. The molecule has 188 valence electrons. The Balaban J connectivity index is 1.58. The van der Waals surface area contributed by atoms with E-state index in [9.17, 15) is 14.7 Å². The number of benzene rings is 2. The van der Waals surface area contributed by atoms with Crippen molar-refractivity contribution in [3.8, 4) is 5.75 Å². The standard InChI is InChI=1S/C28H37N3O4/c1-4-35-28(34)21-11-13-30(14-12-21)27(33)24-9-5-7-22(15-24)26(23-8-6-10-25(32)16-23)31-18-19(2)29-17-20(31)3/h5-10,15-16,19-21,26,29,32H,4,11-14,17-18H2,1-3H3/t19-,20-,26?/m1/s1. The minimum atomic E-state index is -0.157. The zero-order valence-electron chi connectivity index (χ0n) is 20.9. The minimum absolute atomic E-state index is 0.00875. The molecule has 7 nitrogen and oxygen atoms in total. The number of likely N-dealkylation sites (tertiary alicyclic amines) is 1. The zero-order valence-corrected chi connectivity index (χ0v) is 20.9. The minimum Gasteiger partial charge on any atom is -0.508 e. The summed E-state index contributed by atoms with van der Waals surface area (Å²) in [5.74, 6) is -0.0582. The van der Waals surface area contributed by atoms with E-state index in [-0.39, 0.29) is 29.6 Å². The summed E-state index contributed by atoms with van der Waals surface area (Å²) in [6, 6.07) is 15.8. The number of piperidine rings is 1. The predicted octanol–water partition coefficient (Wildman–Crippen LogP) is 3.58. The SMILES string of the molecule is CCOC(=O)C1CCN(C(=O)c2cccc(C(c3cccc(O)c3)N3C[C@@H](C)NC[C@H]3C)c2)CC1. The van der Waals surface area contributed by atoms with Crippen LogP contribution in [0.1, 0.15) is 61.1 Å². The third-order valence-electron chi connectivity index (χ3n) is 7.18. The summed E-state index contributed by atoms with van der Waals surface area (Å²) in [4.78, 5) is 29.8. The number of carbonyl (C=O) groups excluding carboxylic acids is 2. The third kappa shape index (κ3) is 5.85. The summed E-state index contributed by atoms with van der Waals surface area (Å²) in [5.41, 5.74) is 2.69. The van der Waals surface area contributed by atoms with Gasteiger partial charge >= 0.3 is 5.97 Å². The lowest BCUT2D eigenvalue weighted by atomic mass is 9.92. The number of aromatic hydroxyl groups is 1. The van der Waals surface area contributed by atoms with E-state index in [2.05, 4.69) is 30.1 Å².